The fourth-order valence-corrected chi connectivity index (χ4v) is 3.82. The van der Waals surface area contributed by atoms with Gasteiger partial charge in [0.15, 0.2) is 0 Å². The van der Waals surface area contributed by atoms with Crippen molar-refractivity contribution in [1.82, 2.24) is 0 Å². The largest absolute Gasteiger partial charge is 0.465 e. The van der Waals surface area contributed by atoms with Gasteiger partial charge in [0.25, 0.3) is 0 Å². The van der Waals surface area contributed by atoms with Crippen LogP contribution in [0.2, 0.25) is 5.02 Å². The molecule has 0 N–H and O–H groups in total. The molecule has 1 unspecified atom stereocenters. The number of hydrogen-bond acceptors (Lipinski definition) is 3. The van der Waals surface area contributed by atoms with Gasteiger partial charge in [0, 0.05) is 11.2 Å². The first-order valence-electron chi connectivity index (χ1n) is 6.78. The molecule has 0 aliphatic carbocycles. The van der Waals surface area contributed by atoms with Crippen LogP contribution in [0.25, 0.3) is 0 Å². The molecule has 22 heavy (non-hydrogen) atoms. The summed E-state index contributed by atoms with van der Waals surface area (Å²) in [6.07, 6.45) is 1.88. The molecule has 1 aromatic rings. The van der Waals surface area contributed by atoms with Gasteiger partial charge in [0.2, 0.25) is 0 Å². The highest BCUT2D eigenvalue weighted by Gasteiger charge is 2.32. The minimum atomic E-state index is -1.49. The molecular formula is C15H19BrClNO3S. The maximum absolute atomic E-state index is 12.3. The topological polar surface area (TPSA) is 55.7 Å². The Morgan fingerprint density at radius 3 is 2.82 bits per heavy atom. The Morgan fingerprint density at radius 1 is 1.55 bits per heavy atom. The van der Waals surface area contributed by atoms with Gasteiger partial charge in [-0.05, 0) is 44.9 Å². The SMILES string of the molecule is CCOC(=O)C(Br)CC(C)(C)[S@@](=O)N=Cc1cccc(Cl)c1. The molecule has 0 heterocycles. The van der Waals surface area contributed by atoms with Gasteiger partial charge in [-0.1, -0.05) is 39.7 Å². The zero-order valence-corrected chi connectivity index (χ0v) is 15.9. The van der Waals surface area contributed by atoms with Gasteiger partial charge in [-0.2, -0.15) is 4.40 Å². The van der Waals surface area contributed by atoms with Crippen LogP contribution in [0.4, 0.5) is 0 Å². The van der Waals surface area contributed by atoms with Crippen molar-refractivity contribution in [2.75, 3.05) is 6.61 Å². The Morgan fingerprint density at radius 2 is 2.23 bits per heavy atom. The number of nitrogens with zero attached hydrogens (tertiary/aromatic N) is 1. The van der Waals surface area contributed by atoms with E-state index in [1.54, 1.807) is 39.0 Å². The lowest BCUT2D eigenvalue weighted by Crippen LogP contribution is -2.32. The number of carbonyl (C=O) groups is 1. The monoisotopic (exact) mass is 407 g/mol. The molecule has 0 aliphatic rings. The Balaban J connectivity index is 2.71. The summed E-state index contributed by atoms with van der Waals surface area (Å²) in [5, 5.41) is 0.594. The highest BCUT2D eigenvalue weighted by Crippen LogP contribution is 2.25. The van der Waals surface area contributed by atoms with Crippen LogP contribution in [-0.4, -0.2) is 32.6 Å². The second-order valence-electron chi connectivity index (χ2n) is 5.22. The molecule has 1 aromatic carbocycles. The van der Waals surface area contributed by atoms with Gasteiger partial charge in [-0.25, -0.2) is 4.21 Å². The molecule has 0 spiro atoms. The Bertz CT molecular complexity index is 578. The standard InChI is InChI=1S/C15H19BrClNO3S/c1-4-21-14(19)13(16)9-15(2,3)22(20)18-10-11-6-5-7-12(17)8-11/h5-8,10,13H,4,9H2,1-3H3/t13?,22-/m1/s1. The quantitative estimate of drug-likeness (QED) is 0.390. The maximum atomic E-state index is 12.3. The summed E-state index contributed by atoms with van der Waals surface area (Å²) in [5.41, 5.74) is 0.775. The number of esters is 1. The van der Waals surface area contributed by atoms with Crippen molar-refractivity contribution in [3.8, 4) is 0 Å². The third-order valence-corrected chi connectivity index (χ3v) is 5.17. The lowest BCUT2D eigenvalue weighted by Gasteiger charge is -2.23. The van der Waals surface area contributed by atoms with Gasteiger partial charge in [0.1, 0.15) is 15.8 Å². The van der Waals surface area contributed by atoms with Gasteiger partial charge in [0.05, 0.1) is 11.4 Å². The molecule has 0 amide bonds. The van der Waals surface area contributed by atoms with E-state index in [-0.39, 0.29) is 5.97 Å². The summed E-state index contributed by atoms with van der Waals surface area (Å²) in [6, 6.07) is 7.12. The first-order valence-corrected chi connectivity index (χ1v) is 9.18. The fraction of sp³-hybridized carbons (Fsp3) is 0.467. The highest BCUT2D eigenvalue weighted by atomic mass is 79.9. The first kappa shape index (κ1) is 19.3. The number of halogens is 2. The highest BCUT2D eigenvalue weighted by molar-refractivity contribution is 9.10. The third kappa shape index (κ3) is 6.18. The number of carbonyl (C=O) groups excluding carboxylic acids is 1. The van der Waals surface area contributed by atoms with E-state index < -0.39 is 20.6 Å². The van der Waals surface area contributed by atoms with Crippen molar-refractivity contribution in [1.29, 1.82) is 0 Å². The zero-order chi connectivity index (χ0) is 16.8. The van der Waals surface area contributed by atoms with Crippen molar-refractivity contribution >= 4 is 50.7 Å². The average molecular weight is 409 g/mol. The molecule has 122 valence electrons. The van der Waals surface area contributed by atoms with E-state index in [9.17, 15) is 9.00 Å². The molecule has 1 rings (SSSR count). The number of hydrogen-bond donors (Lipinski definition) is 0. The van der Waals surface area contributed by atoms with Crippen LogP contribution < -0.4 is 0 Å². The predicted octanol–water partition coefficient (Wildman–Crippen LogP) is 3.92. The average Bonchev–Trinajstić information content (AvgIpc) is 2.44. The summed E-state index contributed by atoms with van der Waals surface area (Å²) in [7, 11) is -1.49. The number of rotatable bonds is 7. The molecule has 2 atom stereocenters. The van der Waals surface area contributed by atoms with Crippen molar-refractivity contribution in [2.24, 2.45) is 4.40 Å². The molecule has 0 aromatic heterocycles. The number of alkyl halides is 1. The predicted molar refractivity (Wildman–Crippen MR) is 95.2 cm³/mol. The van der Waals surface area contributed by atoms with Crippen molar-refractivity contribution in [2.45, 2.75) is 36.8 Å². The van der Waals surface area contributed by atoms with E-state index in [0.29, 0.717) is 18.1 Å². The van der Waals surface area contributed by atoms with Gasteiger partial charge < -0.3 is 4.74 Å². The number of ether oxygens (including phenoxy) is 1. The molecule has 0 aliphatic heterocycles. The lowest BCUT2D eigenvalue weighted by atomic mass is 10.1. The Kier molecular flexibility index (Phi) is 7.72. The van der Waals surface area contributed by atoms with Crippen LogP contribution in [0.3, 0.4) is 0 Å². The maximum Gasteiger partial charge on any atom is 0.319 e. The number of benzene rings is 1. The van der Waals surface area contributed by atoms with Gasteiger partial charge >= 0.3 is 5.97 Å². The van der Waals surface area contributed by atoms with Crippen LogP contribution in [0, 0.1) is 0 Å². The summed E-state index contributed by atoms with van der Waals surface area (Å²) in [4.78, 5) is 11.1. The van der Waals surface area contributed by atoms with Crippen LogP contribution >= 0.6 is 27.5 Å². The Labute approximate surface area is 147 Å². The molecule has 0 saturated heterocycles. The molecule has 0 radical (unpaired) electrons. The van der Waals surface area contributed by atoms with Crippen LogP contribution in [0.1, 0.15) is 32.8 Å². The summed E-state index contributed by atoms with van der Waals surface area (Å²) in [6.45, 7) is 5.66. The summed E-state index contributed by atoms with van der Waals surface area (Å²) in [5.74, 6) is -0.355. The van der Waals surface area contributed by atoms with E-state index >= 15 is 0 Å². The van der Waals surface area contributed by atoms with Crippen molar-refractivity contribution in [3.63, 3.8) is 0 Å². The van der Waals surface area contributed by atoms with E-state index in [4.69, 9.17) is 16.3 Å². The van der Waals surface area contributed by atoms with Gasteiger partial charge in [-0.15, -0.1) is 0 Å². The van der Waals surface area contributed by atoms with E-state index in [1.165, 1.54) is 6.21 Å². The molecular weight excluding hydrogens is 390 g/mol. The van der Waals surface area contributed by atoms with Crippen molar-refractivity contribution < 1.29 is 13.7 Å². The smallest absolute Gasteiger partial charge is 0.319 e. The van der Waals surface area contributed by atoms with Crippen molar-refractivity contribution in [3.05, 3.63) is 34.9 Å². The minimum Gasteiger partial charge on any atom is -0.465 e. The third-order valence-electron chi connectivity index (χ3n) is 2.83. The lowest BCUT2D eigenvalue weighted by molar-refractivity contribution is -0.142. The Hall–Kier alpha value is -0.720. The fourth-order valence-electron chi connectivity index (χ4n) is 1.66. The second kappa shape index (κ2) is 8.79. The second-order valence-corrected chi connectivity index (χ2v) is 8.58. The molecule has 4 nitrogen and oxygen atoms in total. The van der Waals surface area contributed by atoms with Crippen LogP contribution in [0.15, 0.2) is 28.7 Å². The molecule has 0 bridgehead atoms. The van der Waals surface area contributed by atoms with Gasteiger partial charge in [-0.3, -0.25) is 4.79 Å². The normalized spacial score (nSPS) is 14.8. The first-order chi connectivity index (χ1) is 10.3. The summed E-state index contributed by atoms with van der Waals surface area (Å²) < 4.78 is 20.7. The minimum absolute atomic E-state index is 0.317. The summed E-state index contributed by atoms with van der Waals surface area (Å²) >= 11 is 9.16. The molecule has 0 saturated carbocycles. The van der Waals surface area contributed by atoms with Crippen LogP contribution in [0.5, 0.6) is 0 Å². The van der Waals surface area contributed by atoms with E-state index in [0.717, 1.165) is 5.56 Å². The van der Waals surface area contributed by atoms with E-state index in [1.807, 2.05) is 6.07 Å². The molecule has 0 fully saturated rings. The van der Waals surface area contributed by atoms with E-state index in [2.05, 4.69) is 20.3 Å². The van der Waals surface area contributed by atoms with Crippen LogP contribution in [-0.2, 0) is 20.5 Å². The zero-order valence-electron chi connectivity index (χ0n) is 12.7. The molecule has 7 heteroatoms.